The Labute approximate surface area is 195 Å². The molecule has 2 aliphatic heterocycles. The first-order chi connectivity index (χ1) is 16.1. The molecule has 4 nitrogen and oxygen atoms in total. The minimum Gasteiger partial charge on any atom is -0.371 e. The lowest BCUT2D eigenvalue weighted by Gasteiger charge is -2.22. The minimum atomic E-state index is 0.0813. The second kappa shape index (κ2) is 9.22. The van der Waals surface area contributed by atoms with Gasteiger partial charge in [0.1, 0.15) is 5.78 Å². The number of hydrogen-bond acceptors (Lipinski definition) is 3. The van der Waals surface area contributed by atoms with Crippen LogP contribution in [0.1, 0.15) is 39.9 Å². The summed E-state index contributed by atoms with van der Waals surface area (Å²) in [7, 11) is 0. The molecule has 3 aromatic carbocycles. The third kappa shape index (κ3) is 4.56. The Morgan fingerprint density at radius 1 is 0.939 bits per heavy atom. The molecule has 0 bridgehead atoms. The smallest absolute Gasteiger partial charge is 0.258 e. The number of nitrogens with zero attached hydrogens (tertiary/aromatic N) is 2. The molecule has 33 heavy (non-hydrogen) atoms. The second-order valence-corrected chi connectivity index (χ2v) is 9.34. The van der Waals surface area contributed by atoms with Crippen molar-refractivity contribution in [1.29, 1.82) is 0 Å². The Balaban J connectivity index is 1.23. The highest BCUT2D eigenvalue weighted by Crippen LogP contribution is 2.35. The van der Waals surface area contributed by atoms with E-state index >= 15 is 0 Å². The molecule has 2 heterocycles. The molecule has 0 N–H and O–H groups in total. The molecule has 1 unspecified atom stereocenters. The molecular formula is C29H30N2O2. The van der Waals surface area contributed by atoms with Gasteiger partial charge in [0.2, 0.25) is 0 Å². The van der Waals surface area contributed by atoms with Crippen molar-refractivity contribution in [1.82, 2.24) is 0 Å². The van der Waals surface area contributed by atoms with Crippen molar-refractivity contribution in [2.24, 2.45) is 5.92 Å². The second-order valence-electron chi connectivity index (χ2n) is 9.34. The number of rotatable bonds is 6. The van der Waals surface area contributed by atoms with Gasteiger partial charge in [-0.3, -0.25) is 9.59 Å². The predicted octanol–water partition coefficient (Wildman–Crippen LogP) is 5.23. The number of amides is 1. The first-order valence-electron chi connectivity index (χ1n) is 11.9. The van der Waals surface area contributed by atoms with Gasteiger partial charge in [-0.25, -0.2) is 0 Å². The monoisotopic (exact) mass is 438 g/mol. The van der Waals surface area contributed by atoms with E-state index in [1.54, 1.807) is 0 Å². The molecule has 168 valence electrons. The van der Waals surface area contributed by atoms with E-state index in [9.17, 15) is 9.59 Å². The fourth-order valence-corrected chi connectivity index (χ4v) is 5.21. The molecule has 2 aliphatic rings. The van der Waals surface area contributed by atoms with Crippen molar-refractivity contribution in [2.75, 3.05) is 29.4 Å². The summed E-state index contributed by atoms with van der Waals surface area (Å²) in [6.45, 7) is 4.61. The van der Waals surface area contributed by atoms with Crippen LogP contribution < -0.4 is 9.80 Å². The topological polar surface area (TPSA) is 40.6 Å². The summed E-state index contributed by atoms with van der Waals surface area (Å²) in [6.07, 6.45) is 3.11. The van der Waals surface area contributed by atoms with E-state index < -0.39 is 0 Å². The van der Waals surface area contributed by atoms with Crippen LogP contribution in [-0.2, 0) is 17.6 Å². The molecule has 0 aromatic heterocycles. The average Bonchev–Trinajstić information content (AvgIpc) is 3.46. The van der Waals surface area contributed by atoms with E-state index in [2.05, 4.69) is 23.1 Å². The Morgan fingerprint density at radius 3 is 2.55 bits per heavy atom. The van der Waals surface area contributed by atoms with Crippen molar-refractivity contribution in [3.05, 3.63) is 95.1 Å². The van der Waals surface area contributed by atoms with E-state index in [4.69, 9.17) is 0 Å². The van der Waals surface area contributed by atoms with Crippen LogP contribution in [0.3, 0.4) is 0 Å². The van der Waals surface area contributed by atoms with Gasteiger partial charge in [0.25, 0.3) is 5.91 Å². The van der Waals surface area contributed by atoms with Crippen LogP contribution in [0.2, 0.25) is 0 Å². The number of carbonyl (C=O) groups excluding carboxylic acids is 2. The Bertz CT molecular complexity index is 1170. The van der Waals surface area contributed by atoms with Crippen LogP contribution in [0.4, 0.5) is 11.4 Å². The number of Topliss-reactive ketones (excluding diaryl/α,β-unsaturated/α-hetero) is 1. The van der Waals surface area contributed by atoms with Gasteiger partial charge in [-0.05, 0) is 66.6 Å². The Kier molecular flexibility index (Phi) is 5.99. The number of aryl methyl sites for hydroxylation is 1. The Hall–Kier alpha value is -3.40. The van der Waals surface area contributed by atoms with Crippen LogP contribution >= 0.6 is 0 Å². The van der Waals surface area contributed by atoms with Crippen molar-refractivity contribution in [3.8, 4) is 0 Å². The highest BCUT2D eigenvalue weighted by Gasteiger charge is 2.29. The van der Waals surface area contributed by atoms with Crippen LogP contribution in [0.5, 0.6) is 0 Å². The standard InChI is InChI=1S/C29H30N2O2/c1-21-7-5-6-10-27(21)29(33)31-16-14-24-19-25(11-12-28(24)31)30-15-13-23(20-30)18-26(32)17-22-8-3-2-4-9-22/h2-12,19,23H,13-18,20H2,1H3. The van der Waals surface area contributed by atoms with Gasteiger partial charge in [0, 0.05) is 49.4 Å². The lowest BCUT2D eigenvalue weighted by atomic mass is 9.98. The largest absolute Gasteiger partial charge is 0.371 e. The molecule has 0 saturated carbocycles. The summed E-state index contributed by atoms with van der Waals surface area (Å²) in [6, 6.07) is 24.3. The number of fused-ring (bicyclic) bond motifs is 1. The Morgan fingerprint density at radius 2 is 1.73 bits per heavy atom. The summed E-state index contributed by atoms with van der Waals surface area (Å²) in [5.41, 5.74) is 6.35. The third-order valence-corrected chi connectivity index (χ3v) is 6.99. The quantitative estimate of drug-likeness (QED) is 0.529. The van der Waals surface area contributed by atoms with Crippen molar-refractivity contribution in [2.45, 2.75) is 32.6 Å². The SMILES string of the molecule is Cc1ccccc1C(=O)N1CCc2cc(N3CCC(CC(=O)Cc4ccccc4)C3)ccc21. The maximum Gasteiger partial charge on any atom is 0.258 e. The van der Waals surface area contributed by atoms with Crippen molar-refractivity contribution in [3.63, 3.8) is 0 Å². The third-order valence-electron chi connectivity index (χ3n) is 6.99. The average molecular weight is 439 g/mol. The highest BCUT2D eigenvalue weighted by atomic mass is 16.2. The normalized spacial score (nSPS) is 17.3. The maximum absolute atomic E-state index is 13.1. The van der Waals surface area contributed by atoms with Gasteiger partial charge in [-0.2, -0.15) is 0 Å². The van der Waals surface area contributed by atoms with Crippen molar-refractivity contribution < 1.29 is 9.59 Å². The lowest BCUT2D eigenvalue weighted by molar-refractivity contribution is -0.119. The van der Waals surface area contributed by atoms with Gasteiger partial charge < -0.3 is 9.80 Å². The van der Waals surface area contributed by atoms with E-state index in [-0.39, 0.29) is 5.91 Å². The van der Waals surface area contributed by atoms with Gasteiger partial charge >= 0.3 is 0 Å². The molecule has 1 saturated heterocycles. The number of ketones is 1. The van der Waals surface area contributed by atoms with Crippen LogP contribution in [-0.4, -0.2) is 31.3 Å². The molecule has 0 radical (unpaired) electrons. The molecule has 0 aliphatic carbocycles. The van der Waals surface area contributed by atoms with E-state index in [1.165, 1.54) is 11.3 Å². The fourth-order valence-electron chi connectivity index (χ4n) is 5.21. The number of benzene rings is 3. The summed E-state index contributed by atoms with van der Waals surface area (Å²) in [4.78, 5) is 30.0. The maximum atomic E-state index is 13.1. The van der Waals surface area contributed by atoms with Gasteiger partial charge in [-0.15, -0.1) is 0 Å². The molecule has 0 spiro atoms. The molecule has 5 rings (SSSR count). The van der Waals surface area contributed by atoms with Crippen LogP contribution in [0.15, 0.2) is 72.8 Å². The van der Waals surface area contributed by atoms with E-state index in [0.29, 0.717) is 24.5 Å². The number of hydrogen-bond donors (Lipinski definition) is 0. The first-order valence-corrected chi connectivity index (χ1v) is 11.9. The first kappa shape index (κ1) is 21.4. The van der Waals surface area contributed by atoms with Crippen LogP contribution in [0.25, 0.3) is 0 Å². The van der Waals surface area contributed by atoms with Gasteiger partial charge in [0.15, 0.2) is 0 Å². The zero-order valence-electron chi connectivity index (χ0n) is 19.2. The fraction of sp³-hybridized carbons (Fsp3) is 0.310. The summed E-state index contributed by atoms with van der Waals surface area (Å²) >= 11 is 0. The van der Waals surface area contributed by atoms with Crippen LogP contribution in [0, 0.1) is 12.8 Å². The summed E-state index contributed by atoms with van der Waals surface area (Å²) in [5.74, 6) is 0.818. The molecule has 1 atom stereocenters. The molecule has 4 heteroatoms. The molecule has 1 fully saturated rings. The summed E-state index contributed by atoms with van der Waals surface area (Å²) in [5, 5.41) is 0. The molecule has 1 amide bonds. The zero-order chi connectivity index (χ0) is 22.8. The molecule has 3 aromatic rings. The highest BCUT2D eigenvalue weighted by molar-refractivity contribution is 6.08. The molecular weight excluding hydrogens is 408 g/mol. The predicted molar refractivity (Wildman–Crippen MR) is 133 cm³/mol. The lowest BCUT2D eigenvalue weighted by Crippen LogP contribution is -2.29. The zero-order valence-corrected chi connectivity index (χ0v) is 19.2. The van der Waals surface area contributed by atoms with Gasteiger partial charge in [-0.1, -0.05) is 48.5 Å². The number of carbonyl (C=O) groups is 2. The summed E-state index contributed by atoms with van der Waals surface area (Å²) < 4.78 is 0. The van der Waals surface area contributed by atoms with Crippen molar-refractivity contribution >= 4 is 23.1 Å². The van der Waals surface area contributed by atoms with E-state index in [0.717, 1.165) is 54.9 Å². The van der Waals surface area contributed by atoms with E-state index in [1.807, 2.05) is 66.4 Å². The van der Waals surface area contributed by atoms with Gasteiger partial charge in [0.05, 0.1) is 0 Å². The number of anilines is 2. The minimum absolute atomic E-state index is 0.0813.